The monoisotopic (exact) mass is 285 g/mol. The maximum Gasteiger partial charge on any atom is 0.0289 e. The van der Waals surface area contributed by atoms with E-state index in [0.717, 1.165) is 5.75 Å². The second kappa shape index (κ2) is 6.96. The van der Waals surface area contributed by atoms with E-state index in [4.69, 9.17) is 0 Å². The fraction of sp³-hybridized carbons (Fsp3) is 0.333. The molecule has 0 fully saturated rings. The molecule has 106 valence electrons. The van der Waals surface area contributed by atoms with Crippen molar-refractivity contribution in [2.45, 2.75) is 37.5 Å². The van der Waals surface area contributed by atoms with E-state index in [-0.39, 0.29) is 0 Å². The van der Waals surface area contributed by atoms with Crippen molar-refractivity contribution in [2.75, 3.05) is 7.05 Å². The Hall–Kier alpha value is -1.25. The van der Waals surface area contributed by atoms with E-state index in [9.17, 15) is 0 Å². The molecule has 2 heteroatoms. The highest BCUT2D eigenvalue weighted by Crippen LogP contribution is 2.26. The second-order valence-corrected chi connectivity index (χ2v) is 6.42. The predicted octanol–water partition coefficient (Wildman–Crippen LogP) is 4.88. The van der Waals surface area contributed by atoms with Gasteiger partial charge in [0, 0.05) is 16.7 Å². The van der Waals surface area contributed by atoms with Gasteiger partial charge in [-0.2, -0.15) is 0 Å². The van der Waals surface area contributed by atoms with Gasteiger partial charge in [-0.1, -0.05) is 41.5 Å². The van der Waals surface area contributed by atoms with E-state index >= 15 is 0 Å². The zero-order chi connectivity index (χ0) is 14.5. The topological polar surface area (TPSA) is 12.0 Å². The Labute approximate surface area is 126 Å². The van der Waals surface area contributed by atoms with Gasteiger partial charge in [0.2, 0.25) is 0 Å². The largest absolute Gasteiger partial charge is 0.313 e. The van der Waals surface area contributed by atoms with Gasteiger partial charge >= 0.3 is 0 Å². The van der Waals surface area contributed by atoms with Crippen molar-refractivity contribution in [3.63, 3.8) is 0 Å². The highest BCUT2D eigenvalue weighted by Gasteiger charge is 2.04. The summed E-state index contributed by atoms with van der Waals surface area (Å²) in [5, 5.41) is 3.29. The minimum absolute atomic E-state index is 0.400. The van der Waals surface area contributed by atoms with Gasteiger partial charge in [0.05, 0.1) is 0 Å². The maximum atomic E-state index is 3.29. The molecule has 1 nitrogen and oxygen atoms in total. The Morgan fingerprint density at radius 2 is 1.75 bits per heavy atom. The molecule has 2 rings (SSSR count). The lowest BCUT2D eigenvalue weighted by Crippen LogP contribution is -2.11. The van der Waals surface area contributed by atoms with Crippen LogP contribution >= 0.6 is 11.8 Å². The fourth-order valence-electron chi connectivity index (χ4n) is 2.36. The average molecular weight is 285 g/mol. The van der Waals surface area contributed by atoms with Gasteiger partial charge < -0.3 is 5.32 Å². The van der Waals surface area contributed by atoms with Crippen LogP contribution in [0.5, 0.6) is 0 Å². The SMILES string of the molecule is CNC(C)c1cccc(SCc2cc(C)cc(C)c2)c1. The minimum Gasteiger partial charge on any atom is -0.313 e. The van der Waals surface area contributed by atoms with Crippen molar-refractivity contribution >= 4 is 11.8 Å². The van der Waals surface area contributed by atoms with E-state index < -0.39 is 0 Å². The number of nitrogens with one attached hydrogen (secondary N) is 1. The van der Waals surface area contributed by atoms with Crippen LogP contribution in [0.4, 0.5) is 0 Å². The summed E-state index contributed by atoms with van der Waals surface area (Å²) in [5.41, 5.74) is 5.44. The van der Waals surface area contributed by atoms with Crippen molar-refractivity contribution in [3.8, 4) is 0 Å². The molecule has 0 aliphatic rings. The summed E-state index contributed by atoms with van der Waals surface area (Å²) in [5.74, 6) is 1.03. The number of rotatable bonds is 5. The van der Waals surface area contributed by atoms with Gasteiger partial charge in [-0.3, -0.25) is 0 Å². The smallest absolute Gasteiger partial charge is 0.0289 e. The van der Waals surface area contributed by atoms with Crippen molar-refractivity contribution in [1.29, 1.82) is 0 Å². The molecular weight excluding hydrogens is 262 g/mol. The number of benzene rings is 2. The molecule has 0 aliphatic carbocycles. The minimum atomic E-state index is 0.400. The molecule has 0 saturated heterocycles. The number of aryl methyl sites for hydroxylation is 2. The highest BCUT2D eigenvalue weighted by molar-refractivity contribution is 7.98. The van der Waals surface area contributed by atoms with Crippen molar-refractivity contribution in [3.05, 3.63) is 64.7 Å². The van der Waals surface area contributed by atoms with Crippen LogP contribution in [0.15, 0.2) is 47.4 Å². The molecule has 0 heterocycles. The second-order valence-electron chi connectivity index (χ2n) is 5.37. The van der Waals surface area contributed by atoms with Gasteiger partial charge in [-0.05, 0) is 51.1 Å². The first-order chi connectivity index (χ1) is 9.58. The van der Waals surface area contributed by atoms with E-state index in [1.165, 1.54) is 27.1 Å². The van der Waals surface area contributed by atoms with Crippen LogP contribution in [-0.2, 0) is 5.75 Å². The highest BCUT2D eigenvalue weighted by atomic mass is 32.2. The third-order valence-electron chi connectivity index (χ3n) is 3.48. The summed E-state index contributed by atoms with van der Waals surface area (Å²) >= 11 is 1.91. The Bertz CT molecular complexity index is 557. The molecule has 2 aromatic carbocycles. The van der Waals surface area contributed by atoms with E-state index in [1.54, 1.807) is 0 Å². The molecule has 2 aromatic rings. The molecule has 0 saturated carbocycles. The first kappa shape index (κ1) is 15.1. The van der Waals surface area contributed by atoms with Gasteiger partial charge in [0.25, 0.3) is 0 Å². The molecule has 0 aromatic heterocycles. The van der Waals surface area contributed by atoms with Crippen LogP contribution < -0.4 is 5.32 Å². The summed E-state index contributed by atoms with van der Waals surface area (Å²) in [6, 6.07) is 16.0. The first-order valence-electron chi connectivity index (χ1n) is 7.05. The summed E-state index contributed by atoms with van der Waals surface area (Å²) in [6.45, 7) is 6.51. The lowest BCUT2D eigenvalue weighted by atomic mass is 10.1. The summed E-state index contributed by atoms with van der Waals surface area (Å²) in [7, 11) is 2.00. The maximum absolute atomic E-state index is 3.29. The molecule has 1 atom stereocenters. The molecule has 0 radical (unpaired) electrons. The number of hydrogen-bond acceptors (Lipinski definition) is 2. The van der Waals surface area contributed by atoms with E-state index in [2.05, 4.69) is 68.6 Å². The van der Waals surface area contributed by atoms with Crippen molar-refractivity contribution in [1.82, 2.24) is 5.32 Å². The lowest BCUT2D eigenvalue weighted by Gasteiger charge is -2.12. The molecule has 0 aliphatic heterocycles. The van der Waals surface area contributed by atoms with Crippen LogP contribution in [0.3, 0.4) is 0 Å². The normalized spacial score (nSPS) is 12.4. The Kier molecular flexibility index (Phi) is 5.27. The fourth-order valence-corrected chi connectivity index (χ4v) is 3.25. The predicted molar refractivity (Wildman–Crippen MR) is 89.4 cm³/mol. The Morgan fingerprint density at radius 1 is 1.05 bits per heavy atom. The summed E-state index contributed by atoms with van der Waals surface area (Å²) < 4.78 is 0. The molecule has 0 spiro atoms. The number of hydrogen-bond donors (Lipinski definition) is 1. The molecule has 0 bridgehead atoms. The zero-order valence-corrected chi connectivity index (χ0v) is 13.6. The Morgan fingerprint density at radius 3 is 2.40 bits per heavy atom. The summed E-state index contributed by atoms with van der Waals surface area (Å²) in [4.78, 5) is 1.34. The van der Waals surface area contributed by atoms with Crippen LogP contribution in [0.25, 0.3) is 0 Å². The molecular formula is C18H23NS. The van der Waals surface area contributed by atoms with E-state index in [0.29, 0.717) is 6.04 Å². The quantitative estimate of drug-likeness (QED) is 0.786. The van der Waals surface area contributed by atoms with Gasteiger partial charge in [0.1, 0.15) is 0 Å². The van der Waals surface area contributed by atoms with Crippen LogP contribution in [-0.4, -0.2) is 7.05 Å². The van der Waals surface area contributed by atoms with Crippen LogP contribution in [0.2, 0.25) is 0 Å². The lowest BCUT2D eigenvalue weighted by molar-refractivity contribution is 0.651. The van der Waals surface area contributed by atoms with Crippen LogP contribution in [0, 0.1) is 13.8 Å². The zero-order valence-electron chi connectivity index (χ0n) is 12.7. The molecule has 0 amide bonds. The summed E-state index contributed by atoms with van der Waals surface area (Å²) in [6.07, 6.45) is 0. The molecule has 20 heavy (non-hydrogen) atoms. The standard InChI is InChI=1S/C18H23NS/c1-13-8-14(2)10-16(9-13)12-20-18-7-5-6-17(11-18)15(3)19-4/h5-11,15,19H,12H2,1-4H3. The average Bonchev–Trinajstić information content (AvgIpc) is 2.43. The van der Waals surface area contributed by atoms with Gasteiger partial charge in [-0.25, -0.2) is 0 Å². The van der Waals surface area contributed by atoms with Crippen LogP contribution in [0.1, 0.15) is 35.2 Å². The molecule has 1 unspecified atom stereocenters. The third kappa shape index (κ3) is 4.12. The van der Waals surface area contributed by atoms with Gasteiger partial charge in [-0.15, -0.1) is 11.8 Å². The van der Waals surface area contributed by atoms with Crippen molar-refractivity contribution < 1.29 is 0 Å². The Balaban J connectivity index is 2.07. The van der Waals surface area contributed by atoms with Crippen molar-refractivity contribution in [2.24, 2.45) is 0 Å². The van der Waals surface area contributed by atoms with Gasteiger partial charge in [0.15, 0.2) is 0 Å². The van der Waals surface area contributed by atoms with E-state index in [1.807, 2.05) is 18.8 Å². The molecule has 1 N–H and O–H groups in total. The number of thioether (sulfide) groups is 1. The first-order valence-corrected chi connectivity index (χ1v) is 8.04. The third-order valence-corrected chi connectivity index (χ3v) is 4.54.